The van der Waals surface area contributed by atoms with Gasteiger partial charge in [-0.25, -0.2) is 10.5 Å². The molecule has 1 aromatic heterocycles. The third-order valence-corrected chi connectivity index (χ3v) is 6.17. The molecule has 0 radical (unpaired) electrons. The van der Waals surface area contributed by atoms with Crippen LogP contribution in [0.3, 0.4) is 0 Å². The summed E-state index contributed by atoms with van der Waals surface area (Å²) >= 11 is 1.29. The summed E-state index contributed by atoms with van der Waals surface area (Å²) in [5, 5.41) is 4.05. The monoisotopic (exact) mass is 407 g/mol. The molecule has 0 saturated heterocycles. The fourth-order valence-corrected chi connectivity index (χ4v) is 4.65. The number of Topliss-reactive ketones (excluding diaryl/α,β-unsaturated/α-hetero) is 2. The molecule has 0 amide bonds. The van der Waals surface area contributed by atoms with Crippen LogP contribution < -0.4 is 4.74 Å². The highest BCUT2D eigenvalue weighted by Crippen LogP contribution is 2.40. The summed E-state index contributed by atoms with van der Waals surface area (Å²) in [6.07, 6.45) is 4.36. The summed E-state index contributed by atoms with van der Waals surface area (Å²) in [5.74, 6) is -0.794. The molecular weight excluding hydrogens is 386 g/mol. The molecule has 1 heterocycles. The van der Waals surface area contributed by atoms with Crippen LogP contribution in [0.25, 0.3) is 10.2 Å². The number of ether oxygens (including phenoxy) is 1. The van der Waals surface area contributed by atoms with Crippen molar-refractivity contribution in [2.24, 2.45) is 5.11 Å². The lowest BCUT2D eigenvalue weighted by Gasteiger charge is -2.08. The minimum Gasteiger partial charge on any atom is -0.491 e. The van der Waals surface area contributed by atoms with Crippen LogP contribution >= 0.6 is 11.3 Å². The third kappa shape index (κ3) is 3.58. The quantitative estimate of drug-likeness (QED) is 0.278. The number of unbranched alkanes of at least 4 members (excludes halogenated alkanes) is 3. The van der Waals surface area contributed by atoms with Gasteiger partial charge in [0.1, 0.15) is 22.4 Å². The Morgan fingerprint density at radius 1 is 1.10 bits per heavy atom. The number of nitrogens with one attached hydrogen (secondary N) is 1. The molecule has 0 bridgehead atoms. The first-order chi connectivity index (χ1) is 14.1. The van der Waals surface area contributed by atoms with Gasteiger partial charge in [-0.2, -0.15) is 5.11 Å². The van der Waals surface area contributed by atoms with Crippen LogP contribution in [0.5, 0.6) is 5.75 Å². The van der Waals surface area contributed by atoms with Gasteiger partial charge in [-0.15, -0.1) is 11.3 Å². The van der Waals surface area contributed by atoms with Crippen molar-refractivity contribution < 1.29 is 14.3 Å². The van der Waals surface area contributed by atoms with Gasteiger partial charge in [0.05, 0.1) is 16.8 Å². The standard InChI is InChI=1S/C22H21N3O3S/c1-2-3-4-7-10-28-17-11-16-18(12-15(17)25-23)29-22(24-16)19-20(26)13-8-5-6-9-14(13)21(19)27/h5-6,8-9,11-12,19,23H,2-4,7,10H2,1H3. The number of carbonyl (C=O) groups is 2. The van der Waals surface area contributed by atoms with Gasteiger partial charge in [0, 0.05) is 17.2 Å². The number of hydrogen-bond donors (Lipinski definition) is 1. The van der Waals surface area contributed by atoms with Gasteiger partial charge in [-0.05, 0) is 12.5 Å². The summed E-state index contributed by atoms with van der Waals surface area (Å²) in [7, 11) is 0. The van der Waals surface area contributed by atoms with E-state index in [9.17, 15) is 9.59 Å². The topological polar surface area (TPSA) is 92.5 Å². The van der Waals surface area contributed by atoms with Gasteiger partial charge >= 0.3 is 0 Å². The predicted octanol–water partition coefficient (Wildman–Crippen LogP) is 6.08. The molecule has 1 N–H and O–H groups in total. The van der Waals surface area contributed by atoms with Crippen molar-refractivity contribution in [1.82, 2.24) is 4.98 Å². The van der Waals surface area contributed by atoms with E-state index >= 15 is 0 Å². The lowest BCUT2D eigenvalue weighted by molar-refractivity contribution is 0.0890. The lowest BCUT2D eigenvalue weighted by Crippen LogP contribution is -2.12. The zero-order valence-corrected chi connectivity index (χ0v) is 16.9. The molecule has 0 spiro atoms. The van der Waals surface area contributed by atoms with Crippen molar-refractivity contribution in [3.63, 3.8) is 0 Å². The van der Waals surface area contributed by atoms with Gasteiger partial charge in [0.25, 0.3) is 0 Å². The minimum absolute atomic E-state index is 0.206. The fourth-order valence-electron chi connectivity index (χ4n) is 3.57. The smallest absolute Gasteiger partial charge is 0.181 e. The second-order valence-electron chi connectivity index (χ2n) is 7.07. The Bertz CT molecular complexity index is 1070. The number of rotatable bonds is 8. The summed E-state index contributed by atoms with van der Waals surface area (Å²) in [4.78, 5) is 30.1. The Kier molecular flexibility index (Phi) is 5.49. The van der Waals surface area contributed by atoms with E-state index in [2.05, 4.69) is 17.0 Å². The second kappa shape index (κ2) is 8.21. The molecule has 29 heavy (non-hydrogen) atoms. The summed E-state index contributed by atoms with van der Waals surface area (Å²) < 4.78 is 6.61. The van der Waals surface area contributed by atoms with Crippen molar-refractivity contribution in [2.75, 3.05) is 6.61 Å². The van der Waals surface area contributed by atoms with Gasteiger partial charge in [-0.3, -0.25) is 9.59 Å². The van der Waals surface area contributed by atoms with E-state index in [0.29, 0.717) is 39.7 Å². The zero-order chi connectivity index (χ0) is 20.4. The molecule has 1 aliphatic rings. The van der Waals surface area contributed by atoms with E-state index in [-0.39, 0.29) is 11.6 Å². The molecule has 148 valence electrons. The molecule has 3 aromatic rings. The summed E-state index contributed by atoms with van der Waals surface area (Å²) in [5.41, 5.74) is 9.45. The van der Waals surface area contributed by atoms with E-state index in [0.717, 1.165) is 24.0 Å². The zero-order valence-electron chi connectivity index (χ0n) is 16.1. The molecule has 7 heteroatoms. The number of nitrogens with zero attached hydrogens (tertiary/aromatic N) is 2. The van der Waals surface area contributed by atoms with Crippen molar-refractivity contribution in [3.05, 3.63) is 52.5 Å². The Morgan fingerprint density at radius 2 is 1.83 bits per heavy atom. The highest BCUT2D eigenvalue weighted by atomic mass is 32.1. The van der Waals surface area contributed by atoms with Crippen LogP contribution in [0.4, 0.5) is 5.69 Å². The van der Waals surface area contributed by atoms with E-state index in [4.69, 9.17) is 10.3 Å². The summed E-state index contributed by atoms with van der Waals surface area (Å²) in [6, 6.07) is 10.4. The fraction of sp³-hybridized carbons (Fsp3) is 0.318. The van der Waals surface area contributed by atoms with E-state index in [1.54, 1.807) is 36.4 Å². The van der Waals surface area contributed by atoms with Crippen molar-refractivity contribution >= 4 is 38.8 Å². The van der Waals surface area contributed by atoms with Crippen molar-refractivity contribution in [3.8, 4) is 5.75 Å². The molecule has 0 unspecified atom stereocenters. The number of hydrogen-bond acceptors (Lipinski definition) is 7. The maximum absolute atomic E-state index is 12.8. The number of aromatic nitrogens is 1. The predicted molar refractivity (Wildman–Crippen MR) is 112 cm³/mol. The average molecular weight is 407 g/mol. The lowest BCUT2D eigenvalue weighted by atomic mass is 10.1. The molecule has 0 aliphatic heterocycles. The van der Waals surface area contributed by atoms with Crippen LogP contribution in [-0.4, -0.2) is 23.2 Å². The normalized spacial score (nSPS) is 13.8. The largest absolute Gasteiger partial charge is 0.491 e. The van der Waals surface area contributed by atoms with Crippen LogP contribution in [0.1, 0.15) is 64.2 Å². The van der Waals surface area contributed by atoms with Crippen LogP contribution in [0.15, 0.2) is 41.5 Å². The number of ketones is 2. The summed E-state index contributed by atoms with van der Waals surface area (Å²) in [6.45, 7) is 2.71. The Labute approximate surface area is 172 Å². The number of carbonyl (C=O) groups excluding carboxylic acids is 2. The molecular formula is C22H21N3O3S. The molecule has 4 rings (SSSR count). The second-order valence-corrected chi connectivity index (χ2v) is 8.13. The first kappa shape index (κ1) is 19.4. The Balaban J connectivity index is 1.62. The van der Waals surface area contributed by atoms with Crippen LogP contribution in [-0.2, 0) is 0 Å². The van der Waals surface area contributed by atoms with E-state index in [1.807, 2.05) is 0 Å². The van der Waals surface area contributed by atoms with Gasteiger partial charge < -0.3 is 4.74 Å². The molecule has 1 aliphatic carbocycles. The first-order valence-electron chi connectivity index (χ1n) is 9.76. The first-order valence-corrected chi connectivity index (χ1v) is 10.6. The number of benzene rings is 2. The molecule has 2 aromatic carbocycles. The molecule has 0 atom stereocenters. The maximum Gasteiger partial charge on any atom is 0.181 e. The third-order valence-electron chi connectivity index (χ3n) is 5.09. The van der Waals surface area contributed by atoms with Crippen LogP contribution in [0, 0.1) is 5.53 Å². The van der Waals surface area contributed by atoms with E-state index < -0.39 is 5.92 Å². The molecule has 0 fully saturated rings. The highest BCUT2D eigenvalue weighted by molar-refractivity contribution is 7.19. The Hall–Kier alpha value is -2.93. The molecule has 6 nitrogen and oxygen atoms in total. The van der Waals surface area contributed by atoms with E-state index in [1.165, 1.54) is 17.8 Å². The van der Waals surface area contributed by atoms with Gasteiger partial charge in [0.2, 0.25) is 0 Å². The average Bonchev–Trinajstić information content (AvgIpc) is 3.25. The Morgan fingerprint density at radius 3 is 2.48 bits per heavy atom. The van der Waals surface area contributed by atoms with Crippen molar-refractivity contribution in [2.45, 2.75) is 38.5 Å². The number of thiazole rings is 1. The van der Waals surface area contributed by atoms with Gasteiger partial charge in [-0.1, -0.05) is 50.5 Å². The van der Waals surface area contributed by atoms with Crippen molar-refractivity contribution in [1.29, 1.82) is 5.53 Å². The SMILES string of the molecule is CCCCCCOc1cc2nc(C3C(=O)c4ccccc4C3=O)sc2cc1N=N. The molecule has 0 saturated carbocycles. The van der Waals surface area contributed by atoms with Crippen LogP contribution in [0.2, 0.25) is 0 Å². The van der Waals surface area contributed by atoms with Gasteiger partial charge in [0.15, 0.2) is 11.6 Å². The maximum atomic E-state index is 12.8. The highest BCUT2D eigenvalue weighted by Gasteiger charge is 2.41. The minimum atomic E-state index is -0.889. The number of fused-ring (bicyclic) bond motifs is 2.